The number of benzene rings is 1. The van der Waals surface area contributed by atoms with Crippen molar-refractivity contribution in [3.8, 4) is 0 Å². The van der Waals surface area contributed by atoms with E-state index in [0.717, 1.165) is 36.3 Å². The van der Waals surface area contributed by atoms with Crippen LogP contribution in [0, 0.1) is 0 Å². The van der Waals surface area contributed by atoms with Gasteiger partial charge in [0.1, 0.15) is 5.82 Å². The van der Waals surface area contributed by atoms with E-state index in [2.05, 4.69) is 63.0 Å². The summed E-state index contributed by atoms with van der Waals surface area (Å²) in [7, 11) is 4.20. The summed E-state index contributed by atoms with van der Waals surface area (Å²) >= 11 is 9.74. The number of halogens is 2. The molecule has 3 rings (SSSR count). The highest BCUT2D eigenvalue weighted by Gasteiger charge is 2.19. The van der Waals surface area contributed by atoms with Crippen LogP contribution in [0.1, 0.15) is 16.7 Å². The van der Waals surface area contributed by atoms with E-state index in [1.807, 2.05) is 6.07 Å². The maximum absolute atomic E-state index is 6.33. The smallest absolute Gasteiger partial charge is 0.147 e. The van der Waals surface area contributed by atoms with Crippen LogP contribution < -0.4 is 4.90 Å². The fourth-order valence-corrected chi connectivity index (χ4v) is 3.64. The van der Waals surface area contributed by atoms with Gasteiger partial charge in [0.05, 0.1) is 5.02 Å². The first kappa shape index (κ1) is 15.8. The summed E-state index contributed by atoms with van der Waals surface area (Å²) in [6.07, 6.45) is 2.83. The van der Waals surface area contributed by atoms with E-state index in [9.17, 15) is 0 Å². The van der Waals surface area contributed by atoms with Crippen molar-refractivity contribution in [1.82, 2.24) is 9.88 Å². The lowest BCUT2D eigenvalue weighted by atomic mass is 9.97. The SMILES string of the molecule is CN(C)Cc1ccc2c(c1)CCN(c1ncc(Br)cc1Cl)C2. The molecule has 0 fully saturated rings. The Morgan fingerprint density at radius 2 is 2.09 bits per heavy atom. The van der Waals surface area contributed by atoms with Gasteiger partial charge in [-0.1, -0.05) is 29.8 Å². The number of hydrogen-bond acceptors (Lipinski definition) is 3. The zero-order chi connectivity index (χ0) is 15.7. The van der Waals surface area contributed by atoms with Crippen LogP contribution in [0.25, 0.3) is 0 Å². The van der Waals surface area contributed by atoms with Gasteiger partial charge in [0.15, 0.2) is 0 Å². The number of nitrogens with zero attached hydrogens (tertiary/aromatic N) is 3. The molecule has 2 heterocycles. The van der Waals surface area contributed by atoms with Gasteiger partial charge in [0.2, 0.25) is 0 Å². The van der Waals surface area contributed by atoms with Crippen molar-refractivity contribution in [2.45, 2.75) is 19.5 Å². The molecule has 5 heteroatoms. The topological polar surface area (TPSA) is 19.4 Å². The Morgan fingerprint density at radius 3 is 2.82 bits per heavy atom. The molecule has 0 spiro atoms. The normalized spacial score (nSPS) is 14.3. The van der Waals surface area contributed by atoms with Gasteiger partial charge in [-0.25, -0.2) is 4.98 Å². The second-order valence-corrected chi connectivity index (χ2v) is 7.29. The molecule has 0 unspecified atom stereocenters. The van der Waals surface area contributed by atoms with E-state index in [1.54, 1.807) is 6.20 Å². The van der Waals surface area contributed by atoms with Crippen molar-refractivity contribution >= 4 is 33.3 Å². The number of anilines is 1. The molecule has 0 aliphatic carbocycles. The van der Waals surface area contributed by atoms with E-state index < -0.39 is 0 Å². The lowest BCUT2D eigenvalue weighted by molar-refractivity contribution is 0.402. The monoisotopic (exact) mass is 379 g/mol. The summed E-state index contributed by atoms with van der Waals surface area (Å²) in [6.45, 7) is 2.80. The van der Waals surface area contributed by atoms with Gasteiger partial charge in [-0.05, 0) is 59.2 Å². The molecule has 0 amide bonds. The maximum atomic E-state index is 6.33. The van der Waals surface area contributed by atoms with Crippen LogP contribution in [0.15, 0.2) is 34.9 Å². The predicted molar refractivity (Wildman–Crippen MR) is 95.5 cm³/mol. The zero-order valence-electron chi connectivity index (χ0n) is 12.8. The first-order chi connectivity index (χ1) is 10.5. The third-order valence-corrected chi connectivity index (χ3v) is 4.58. The van der Waals surface area contributed by atoms with E-state index in [1.165, 1.54) is 16.7 Å². The third-order valence-electron chi connectivity index (χ3n) is 3.87. The van der Waals surface area contributed by atoms with Crippen molar-refractivity contribution < 1.29 is 0 Å². The second kappa shape index (κ2) is 6.57. The zero-order valence-corrected chi connectivity index (χ0v) is 15.2. The Morgan fingerprint density at radius 1 is 1.27 bits per heavy atom. The summed E-state index contributed by atoms with van der Waals surface area (Å²) in [5.74, 6) is 0.868. The first-order valence-corrected chi connectivity index (χ1v) is 8.51. The van der Waals surface area contributed by atoms with Crippen LogP contribution in [0.4, 0.5) is 5.82 Å². The van der Waals surface area contributed by atoms with E-state index in [4.69, 9.17) is 11.6 Å². The predicted octanol–water partition coefficient (Wildman–Crippen LogP) is 4.12. The van der Waals surface area contributed by atoms with E-state index in [0.29, 0.717) is 5.02 Å². The van der Waals surface area contributed by atoms with Crippen molar-refractivity contribution in [2.75, 3.05) is 25.5 Å². The molecule has 0 bridgehead atoms. The molecule has 1 aromatic carbocycles. The lowest BCUT2D eigenvalue weighted by Gasteiger charge is -2.30. The number of hydrogen-bond donors (Lipinski definition) is 0. The summed E-state index contributed by atoms with van der Waals surface area (Å²) in [4.78, 5) is 8.92. The molecule has 1 aromatic heterocycles. The molecule has 1 aliphatic rings. The minimum absolute atomic E-state index is 0.696. The molecular formula is C17H19BrClN3. The van der Waals surface area contributed by atoms with Gasteiger partial charge in [0.25, 0.3) is 0 Å². The first-order valence-electron chi connectivity index (χ1n) is 7.34. The fourth-order valence-electron chi connectivity index (χ4n) is 2.89. The Bertz CT molecular complexity index is 688. The molecule has 116 valence electrons. The summed E-state index contributed by atoms with van der Waals surface area (Å²) < 4.78 is 0.909. The second-order valence-electron chi connectivity index (χ2n) is 5.97. The minimum Gasteiger partial charge on any atom is -0.351 e. The van der Waals surface area contributed by atoms with Crippen LogP contribution in [-0.2, 0) is 19.5 Å². The molecule has 1 aliphatic heterocycles. The van der Waals surface area contributed by atoms with E-state index in [-0.39, 0.29) is 0 Å². The van der Waals surface area contributed by atoms with Crippen LogP contribution in [0.3, 0.4) is 0 Å². The molecule has 2 aromatic rings. The van der Waals surface area contributed by atoms with Crippen molar-refractivity contribution in [3.63, 3.8) is 0 Å². The quantitative estimate of drug-likeness (QED) is 0.798. The fraction of sp³-hybridized carbons (Fsp3) is 0.353. The molecule has 0 saturated carbocycles. The van der Waals surface area contributed by atoms with Gasteiger partial charge in [0, 0.05) is 30.3 Å². The minimum atomic E-state index is 0.696. The highest BCUT2D eigenvalue weighted by Crippen LogP contribution is 2.30. The Hall–Kier alpha value is -1.10. The molecular weight excluding hydrogens is 362 g/mol. The van der Waals surface area contributed by atoms with Gasteiger partial charge in [-0.3, -0.25) is 0 Å². The molecule has 0 N–H and O–H groups in total. The average Bonchev–Trinajstić information content (AvgIpc) is 2.46. The maximum Gasteiger partial charge on any atom is 0.147 e. The van der Waals surface area contributed by atoms with Crippen molar-refractivity contribution in [3.05, 3.63) is 56.6 Å². The van der Waals surface area contributed by atoms with Crippen LogP contribution in [0.2, 0.25) is 5.02 Å². The average molecular weight is 381 g/mol. The summed E-state index contributed by atoms with van der Waals surface area (Å²) in [6, 6.07) is 8.70. The number of fused-ring (bicyclic) bond motifs is 1. The third kappa shape index (κ3) is 3.45. The summed E-state index contributed by atoms with van der Waals surface area (Å²) in [5.41, 5.74) is 4.19. The van der Waals surface area contributed by atoms with Gasteiger partial charge in [-0.2, -0.15) is 0 Å². The van der Waals surface area contributed by atoms with Gasteiger partial charge in [-0.15, -0.1) is 0 Å². The molecule has 3 nitrogen and oxygen atoms in total. The Kier molecular flexibility index (Phi) is 4.71. The lowest BCUT2D eigenvalue weighted by Crippen LogP contribution is -2.31. The van der Waals surface area contributed by atoms with Crippen molar-refractivity contribution in [2.24, 2.45) is 0 Å². The van der Waals surface area contributed by atoms with Gasteiger partial charge < -0.3 is 9.80 Å². The Labute approximate surface area is 145 Å². The van der Waals surface area contributed by atoms with Crippen molar-refractivity contribution in [1.29, 1.82) is 0 Å². The molecule has 0 atom stereocenters. The highest BCUT2D eigenvalue weighted by atomic mass is 79.9. The number of aromatic nitrogens is 1. The summed E-state index contributed by atoms with van der Waals surface area (Å²) in [5, 5.41) is 0.696. The van der Waals surface area contributed by atoms with Crippen LogP contribution in [0.5, 0.6) is 0 Å². The van der Waals surface area contributed by atoms with Crippen LogP contribution in [-0.4, -0.2) is 30.5 Å². The number of rotatable bonds is 3. The standard InChI is InChI=1S/C17H19BrClN3/c1-21(2)10-12-3-4-14-11-22(6-5-13(14)7-12)17-16(19)8-15(18)9-20-17/h3-4,7-9H,5-6,10-11H2,1-2H3. The largest absolute Gasteiger partial charge is 0.351 e. The van der Waals surface area contributed by atoms with Crippen LogP contribution >= 0.6 is 27.5 Å². The molecule has 0 saturated heterocycles. The van der Waals surface area contributed by atoms with E-state index >= 15 is 0 Å². The molecule has 22 heavy (non-hydrogen) atoms. The highest BCUT2D eigenvalue weighted by molar-refractivity contribution is 9.10. The molecule has 0 radical (unpaired) electrons. The van der Waals surface area contributed by atoms with Gasteiger partial charge >= 0.3 is 0 Å². The number of pyridine rings is 1. The Balaban J connectivity index is 1.82.